The van der Waals surface area contributed by atoms with Gasteiger partial charge >= 0.3 is 0 Å². The van der Waals surface area contributed by atoms with Crippen molar-refractivity contribution in [1.29, 1.82) is 0 Å². The van der Waals surface area contributed by atoms with Gasteiger partial charge in [0.25, 0.3) is 0 Å². The number of carboxylic acids is 2. The minimum atomic E-state index is -1.51. The fourth-order valence-electron chi connectivity index (χ4n) is 2.38. The van der Waals surface area contributed by atoms with Crippen LogP contribution >= 0.6 is 0 Å². The van der Waals surface area contributed by atoms with Crippen molar-refractivity contribution in [3.8, 4) is 11.1 Å². The molecule has 0 aromatic heterocycles. The summed E-state index contributed by atoms with van der Waals surface area (Å²) in [6.45, 7) is 0.771. The summed E-state index contributed by atoms with van der Waals surface area (Å²) in [5.41, 5.74) is 3.46. The first-order valence-corrected chi connectivity index (χ1v) is 7.45. The molecule has 0 spiro atoms. The highest BCUT2D eigenvalue weighted by Crippen LogP contribution is 2.22. The van der Waals surface area contributed by atoms with Crippen LogP contribution in [0.2, 0.25) is 0 Å². The van der Waals surface area contributed by atoms with Crippen LogP contribution in [0.25, 0.3) is 17.2 Å². The molecule has 0 saturated heterocycles. The number of carboxylic acid groups (broad SMARTS) is 2. The Labute approximate surface area is 140 Å². The number of carbonyl (C=O) groups is 2. The van der Waals surface area contributed by atoms with Crippen molar-refractivity contribution < 1.29 is 19.8 Å². The lowest BCUT2D eigenvalue weighted by molar-refractivity contribution is -0.309. The summed E-state index contributed by atoms with van der Waals surface area (Å²) in [5.74, 6) is -2.97. The largest absolute Gasteiger partial charge is 0.550 e. The first-order chi connectivity index (χ1) is 11.5. The summed E-state index contributed by atoms with van der Waals surface area (Å²) in [6, 6.07) is 15.3. The molecule has 0 heterocycles. The Hall–Kier alpha value is -2.92. The van der Waals surface area contributed by atoms with Gasteiger partial charge in [0.2, 0.25) is 0 Å². The maximum Gasteiger partial charge on any atom is 0.0678 e. The predicted octanol–water partition coefficient (Wildman–Crippen LogP) is 0.346. The van der Waals surface area contributed by atoms with Crippen molar-refractivity contribution in [1.82, 2.24) is 5.32 Å². The van der Waals surface area contributed by atoms with Gasteiger partial charge in [-0.15, -0.1) is 0 Å². The van der Waals surface area contributed by atoms with Crippen molar-refractivity contribution in [2.24, 2.45) is 0 Å². The average molecular weight is 323 g/mol. The number of aliphatic carboxylic acids is 2. The zero-order chi connectivity index (χ0) is 17.5. The van der Waals surface area contributed by atoms with Crippen LogP contribution in [0.5, 0.6) is 0 Å². The first-order valence-electron chi connectivity index (χ1n) is 7.45. The van der Waals surface area contributed by atoms with Crippen molar-refractivity contribution in [2.75, 3.05) is 7.05 Å². The van der Waals surface area contributed by atoms with Gasteiger partial charge < -0.3 is 25.1 Å². The molecule has 0 unspecified atom stereocenters. The van der Waals surface area contributed by atoms with E-state index >= 15 is 0 Å². The normalized spacial score (nSPS) is 11.3. The van der Waals surface area contributed by atoms with Gasteiger partial charge in [0, 0.05) is 18.9 Å². The van der Waals surface area contributed by atoms with Crippen LogP contribution in [-0.4, -0.2) is 19.0 Å². The Bertz CT molecular complexity index is 763. The SMILES string of the molecule is CNCc1cccc(-c2ccc(/C=C(\CC(=O)[O-])C(=O)[O-])cc2)c1. The topological polar surface area (TPSA) is 92.3 Å². The molecule has 0 atom stereocenters. The smallest absolute Gasteiger partial charge is 0.0678 e. The lowest BCUT2D eigenvalue weighted by atomic mass is 10.0. The van der Waals surface area contributed by atoms with Crippen LogP contribution in [0.15, 0.2) is 54.1 Å². The molecule has 2 aromatic carbocycles. The molecule has 1 N–H and O–H groups in total. The zero-order valence-corrected chi connectivity index (χ0v) is 13.2. The lowest BCUT2D eigenvalue weighted by Gasteiger charge is -2.10. The molecule has 0 amide bonds. The third-order valence-corrected chi connectivity index (χ3v) is 3.49. The molecule has 24 heavy (non-hydrogen) atoms. The summed E-state index contributed by atoms with van der Waals surface area (Å²) in [6.07, 6.45) is 0.600. The maximum absolute atomic E-state index is 11.0. The summed E-state index contributed by atoms with van der Waals surface area (Å²) >= 11 is 0. The van der Waals surface area contributed by atoms with E-state index in [9.17, 15) is 19.8 Å². The first kappa shape index (κ1) is 17.4. The van der Waals surface area contributed by atoms with E-state index in [0.717, 1.165) is 23.2 Å². The molecule has 124 valence electrons. The molecule has 0 saturated carbocycles. The lowest BCUT2D eigenvalue weighted by Crippen LogP contribution is -2.30. The summed E-state index contributed by atoms with van der Waals surface area (Å²) in [7, 11) is 1.88. The molecular formula is C19H17NO4-2. The van der Waals surface area contributed by atoms with Gasteiger partial charge in [-0.2, -0.15) is 0 Å². The molecule has 0 fully saturated rings. The Kier molecular flexibility index (Phi) is 5.87. The Morgan fingerprint density at radius 2 is 1.75 bits per heavy atom. The molecule has 0 aliphatic rings. The molecule has 5 nitrogen and oxygen atoms in total. The third-order valence-electron chi connectivity index (χ3n) is 3.49. The van der Waals surface area contributed by atoms with Crippen molar-refractivity contribution in [3.05, 3.63) is 65.2 Å². The zero-order valence-electron chi connectivity index (χ0n) is 13.2. The number of nitrogens with one attached hydrogen (secondary N) is 1. The van der Waals surface area contributed by atoms with Crippen LogP contribution in [0, 0.1) is 0 Å². The third kappa shape index (κ3) is 4.79. The van der Waals surface area contributed by atoms with Crippen LogP contribution in [0.3, 0.4) is 0 Å². The van der Waals surface area contributed by atoms with Gasteiger partial charge in [-0.3, -0.25) is 0 Å². The van der Waals surface area contributed by atoms with E-state index < -0.39 is 18.4 Å². The van der Waals surface area contributed by atoms with E-state index in [1.54, 1.807) is 12.1 Å². The van der Waals surface area contributed by atoms with E-state index in [1.807, 2.05) is 37.4 Å². The predicted molar refractivity (Wildman–Crippen MR) is 87.2 cm³/mol. The number of rotatable bonds is 7. The molecule has 2 rings (SSSR count). The Morgan fingerprint density at radius 3 is 2.33 bits per heavy atom. The fourth-order valence-corrected chi connectivity index (χ4v) is 2.38. The van der Waals surface area contributed by atoms with Gasteiger partial charge in [0.1, 0.15) is 0 Å². The molecule has 2 aromatic rings. The van der Waals surface area contributed by atoms with Gasteiger partial charge in [-0.25, -0.2) is 0 Å². The molecule has 0 radical (unpaired) electrons. The molecule has 0 bridgehead atoms. The highest BCUT2D eigenvalue weighted by Gasteiger charge is 2.02. The summed E-state index contributed by atoms with van der Waals surface area (Å²) < 4.78 is 0. The van der Waals surface area contributed by atoms with Crippen LogP contribution in [-0.2, 0) is 16.1 Å². The van der Waals surface area contributed by atoms with Crippen molar-refractivity contribution >= 4 is 18.0 Å². The van der Waals surface area contributed by atoms with E-state index in [4.69, 9.17) is 0 Å². The number of carbonyl (C=O) groups excluding carboxylic acids is 2. The Balaban J connectivity index is 2.25. The Morgan fingerprint density at radius 1 is 1.04 bits per heavy atom. The van der Waals surface area contributed by atoms with Crippen molar-refractivity contribution in [3.63, 3.8) is 0 Å². The highest BCUT2D eigenvalue weighted by molar-refractivity contribution is 5.95. The van der Waals surface area contributed by atoms with Crippen LogP contribution < -0.4 is 15.5 Å². The number of hydrogen-bond acceptors (Lipinski definition) is 5. The minimum Gasteiger partial charge on any atom is -0.550 e. The highest BCUT2D eigenvalue weighted by atomic mass is 16.4. The molecular weight excluding hydrogens is 306 g/mol. The summed E-state index contributed by atoms with van der Waals surface area (Å²) in [5, 5.41) is 24.6. The van der Waals surface area contributed by atoms with E-state index in [2.05, 4.69) is 11.4 Å². The van der Waals surface area contributed by atoms with Gasteiger partial charge in [-0.05, 0) is 47.0 Å². The van der Waals surface area contributed by atoms with Crippen LogP contribution in [0.4, 0.5) is 0 Å². The van der Waals surface area contributed by atoms with Crippen LogP contribution in [0.1, 0.15) is 17.5 Å². The minimum absolute atomic E-state index is 0.321. The average Bonchev–Trinajstić information content (AvgIpc) is 2.55. The summed E-state index contributed by atoms with van der Waals surface area (Å²) in [4.78, 5) is 21.5. The van der Waals surface area contributed by atoms with Gasteiger partial charge in [-0.1, -0.05) is 42.5 Å². The fraction of sp³-hybridized carbons (Fsp3) is 0.158. The standard InChI is InChI=1S/C19H19NO4/c1-20-12-14-3-2-4-16(10-14)15-7-5-13(6-8-15)9-17(19(23)24)11-18(21)22/h2-10,20H,11-12H2,1H3,(H,21,22)(H,23,24)/p-2/b17-9+. The quantitative estimate of drug-likeness (QED) is 0.742. The number of hydrogen-bond donors (Lipinski definition) is 1. The molecule has 0 aliphatic heterocycles. The van der Waals surface area contributed by atoms with Gasteiger partial charge in [0.05, 0.1) is 5.97 Å². The van der Waals surface area contributed by atoms with E-state index in [1.165, 1.54) is 6.08 Å². The molecule has 0 aliphatic carbocycles. The second-order valence-electron chi connectivity index (χ2n) is 5.36. The second-order valence-corrected chi connectivity index (χ2v) is 5.36. The monoisotopic (exact) mass is 323 g/mol. The van der Waals surface area contributed by atoms with Crippen molar-refractivity contribution in [2.45, 2.75) is 13.0 Å². The number of benzene rings is 2. The van der Waals surface area contributed by atoms with Gasteiger partial charge in [0.15, 0.2) is 0 Å². The maximum atomic E-state index is 11.0. The van der Waals surface area contributed by atoms with E-state index in [-0.39, 0.29) is 5.57 Å². The second kappa shape index (κ2) is 8.08. The molecule has 5 heteroatoms. The van der Waals surface area contributed by atoms with E-state index in [0.29, 0.717) is 5.56 Å².